The third kappa shape index (κ3) is 3.06. The molecule has 5 heteroatoms. The van der Waals surface area contributed by atoms with Crippen LogP contribution in [0.5, 0.6) is 0 Å². The maximum Gasteiger partial charge on any atom is 0.355 e. The maximum absolute atomic E-state index is 13.0. The molecule has 0 radical (unpaired) electrons. The van der Waals surface area contributed by atoms with Gasteiger partial charge >= 0.3 is 5.97 Å². The summed E-state index contributed by atoms with van der Waals surface area (Å²) in [7, 11) is 0. The Bertz CT molecular complexity index is 822. The number of esters is 1. The SMILES string of the molecule is CCOC(=O)c1[nH]c(C)c(C(=O)CN2c3ccccc3CC2C)c1C. The van der Waals surface area contributed by atoms with Crippen molar-refractivity contribution in [3.8, 4) is 0 Å². The third-order valence-corrected chi connectivity index (χ3v) is 4.86. The van der Waals surface area contributed by atoms with E-state index in [0.29, 0.717) is 35.7 Å². The van der Waals surface area contributed by atoms with Gasteiger partial charge in [-0.3, -0.25) is 4.79 Å². The molecular formula is C20H24N2O3. The van der Waals surface area contributed by atoms with Gasteiger partial charge in [-0.2, -0.15) is 0 Å². The number of para-hydroxylation sites is 1. The molecule has 1 aromatic heterocycles. The molecule has 0 saturated carbocycles. The van der Waals surface area contributed by atoms with Gasteiger partial charge in [0.05, 0.1) is 13.2 Å². The van der Waals surface area contributed by atoms with E-state index in [4.69, 9.17) is 4.74 Å². The first-order valence-electron chi connectivity index (χ1n) is 8.68. The van der Waals surface area contributed by atoms with Gasteiger partial charge in [-0.15, -0.1) is 0 Å². The maximum atomic E-state index is 13.0. The number of Topliss-reactive ketones (excluding diaryl/α,β-unsaturated/α-hetero) is 1. The van der Waals surface area contributed by atoms with Crippen LogP contribution in [0.4, 0.5) is 5.69 Å². The number of benzene rings is 1. The minimum Gasteiger partial charge on any atom is -0.461 e. The Morgan fingerprint density at radius 2 is 2.00 bits per heavy atom. The molecule has 5 nitrogen and oxygen atoms in total. The number of carbonyl (C=O) groups excluding carboxylic acids is 2. The summed E-state index contributed by atoms with van der Waals surface area (Å²) in [5.41, 5.74) is 4.75. The summed E-state index contributed by atoms with van der Waals surface area (Å²) in [5, 5.41) is 0. The molecule has 0 aliphatic carbocycles. The Morgan fingerprint density at radius 1 is 1.28 bits per heavy atom. The quantitative estimate of drug-likeness (QED) is 0.669. The Morgan fingerprint density at radius 3 is 2.72 bits per heavy atom. The van der Waals surface area contributed by atoms with Gasteiger partial charge in [-0.05, 0) is 51.3 Å². The van der Waals surface area contributed by atoms with E-state index in [9.17, 15) is 9.59 Å². The van der Waals surface area contributed by atoms with Crippen LogP contribution in [-0.2, 0) is 11.2 Å². The molecule has 2 aromatic rings. The van der Waals surface area contributed by atoms with Gasteiger partial charge in [-0.25, -0.2) is 4.79 Å². The fraction of sp³-hybridized carbons (Fsp3) is 0.400. The van der Waals surface area contributed by atoms with E-state index < -0.39 is 5.97 Å². The average molecular weight is 340 g/mol. The van der Waals surface area contributed by atoms with Gasteiger partial charge in [0.1, 0.15) is 5.69 Å². The number of nitrogens with one attached hydrogen (secondary N) is 1. The molecule has 1 aromatic carbocycles. The standard InChI is InChI=1S/C20H24N2O3/c1-5-25-20(24)19-13(3)18(14(4)21-19)17(23)11-22-12(2)10-15-8-6-7-9-16(15)22/h6-9,12,21H,5,10-11H2,1-4H3. The molecule has 0 saturated heterocycles. The van der Waals surface area contributed by atoms with E-state index in [1.165, 1.54) is 5.56 Å². The van der Waals surface area contributed by atoms with Crippen molar-refractivity contribution >= 4 is 17.4 Å². The number of hydrogen-bond donors (Lipinski definition) is 1. The van der Waals surface area contributed by atoms with Gasteiger partial charge in [0.15, 0.2) is 5.78 Å². The van der Waals surface area contributed by atoms with Gasteiger partial charge in [0.25, 0.3) is 0 Å². The predicted octanol–water partition coefficient (Wildman–Crippen LogP) is 3.44. The number of rotatable bonds is 5. The van der Waals surface area contributed by atoms with E-state index in [0.717, 1.165) is 12.1 Å². The summed E-state index contributed by atoms with van der Waals surface area (Å²) in [5.74, 6) is -0.396. The molecule has 1 aliphatic heterocycles. The molecule has 2 heterocycles. The van der Waals surface area contributed by atoms with Crippen LogP contribution in [0.3, 0.4) is 0 Å². The summed E-state index contributed by atoms with van der Waals surface area (Å²) >= 11 is 0. The van der Waals surface area contributed by atoms with Crippen molar-refractivity contribution in [2.24, 2.45) is 0 Å². The second-order valence-corrected chi connectivity index (χ2v) is 6.58. The third-order valence-electron chi connectivity index (χ3n) is 4.86. The van der Waals surface area contributed by atoms with E-state index >= 15 is 0 Å². The second-order valence-electron chi connectivity index (χ2n) is 6.58. The number of hydrogen-bond acceptors (Lipinski definition) is 4. The molecule has 1 N–H and O–H groups in total. The fourth-order valence-electron chi connectivity index (χ4n) is 3.68. The number of carbonyl (C=O) groups is 2. The summed E-state index contributed by atoms with van der Waals surface area (Å²) in [6.07, 6.45) is 0.947. The highest BCUT2D eigenvalue weighted by atomic mass is 16.5. The molecule has 0 amide bonds. The van der Waals surface area contributed by atoms with E-state index in [2.05, 4.69) is 28.9 Å². The first-order chi connectivity index (χ1) is 11.9. The highest BCUT2D eigenvalue weighted by molar-refractivity contribution is 6.04. The van der Waals surface area contributed by atoms with Crippen LogP contribution < -0.4 is 4.90 Å². The number of anilines is 1. The molecular weight excluding hydrogens is 316 g/mol. The van der Waals surface area contributed by atoms with Crippen molar-refractivity contribution in [1.82, 2.24) is 4.98 Å². The second kappa shape index (κ2) is 6.75. The molecule has 1 atom stereocenters. The summed E-state index contributed by atoms with van der Waals surface area (Å²) in [6, 6.07) is 8.49. The summed E-state index contributed by atoms with van der Waals surface area (Å²) in [6.45, 7) is 8.13. The highest BCUT2D eigenvalue weighted by Gasteiger charge is 2.29. The lowest BCUT2D eigenvalue weighted by Gasteiger charge is -2.24. The minimum absolute atomic E-state index is 0.0188. The van der Waals surface area contributed by atoms with Gasteiger partial charge in [0.2, 0.25) is 0 Å². The number of fused-ring (bicyclic) bond motifs is 1. The Labute approximate surface area is 148 Å². The van der Waals surface area contributed by atoms with Crippen molar-refractivity contribution in [1.29, 1.82) is 0 Å². The zero-order chi connectivity index (χ0) is 18.1. The highest BCUT2D eigenvalue weighted by Crippen LogP contribution is 2.32. The minimum atomic E-state index is -0.415. The first-order valence-corrected chi connectivity index (χ1v) is 8.68. The number of aromatic amines is 1. The van der Waals surface area contributed by atoms with Crippen molar-refractivity contribution < 1.29 is 14.3 Å². The van der Waals surface area contributed by atoms with Crippen LogP contribution >= 0.6 is 0 Å². The zero-order valence-corrected chi connectivity index (χ0v) is 15.2. The summed E-state index contributed by atoms with van der Waals surface area (Å²) < 4.78 is 5.06. The van der Waals surface area contributed by atoms with Gasteiger partial charge in [-0.1, -0.05) is 18.2 Å². The van der Waals surface area contributed by atoms with Crippen molar-refractivity contribution in [2.45, 2.75) is 40.2 Å². The zero-order valence-electron chi connectivity index (χ0n) is 15.2. The molecule has 25 heavy (non-hydrogen) atoms. The fourth-order valence-corrected chi connectivity index (χ4v) is 3.68. The van der Waals surface area contributed by atoms with E-state index in [1.807, 2.05) is 19.1 Å². The molecule has 1 unspecified atom stereocenters. The number of nitrogens with zero attached hydrogens (tertiary/aromatic N) is 1. The van der Waals surface area contributed by atoms with Crippen LogP contribution in [0.1, 0.15) is 51.5 Å². The molecule has 0 fully saturated rings. The van der Waals surface area contributed by atoms with E-state index in [-0.39, 0.29) is 11.8 Å². The van der Waals surface area contributed by atoms with Crippen LogP contribution in [0, 0.1) is 13.8 Å². The monoisotopic (exact) mass is 340 g/mol. The topological polar surface area (TPSA) is 62.4 Å². The molecule has 3 rings (SSSR count). The first kappa shape index (κ1) is 17.3. The van der Waals surface area contributed by atoms with E-state index in [1.54, 1.807) is 13.8 Å². The average Bonchev–Trinajstić information content (AvgIpc) is 3.04. The summed E-state index contributed by atoms with van der Waals surface area (Å²) in [4.78, 5) is 30.2. The van der Waals surface area contributed by atoms with Crippen molar-refractivity contribution in [3.63, 3.8) is 0 Å². The number of ketones is 1. The molecule has 1 aliphatic rings. The lowest BCUT2D eigenvalue weighted by molar-refractivity contribution is 0.0519. The number of ether oxygens (including phenoxy) is 1. The van der Waals surface area contributed by atoms with Crippen LogP contribution in [0.25, 0.3) is 0 Å². The van der Waals surface area contributed by atoms with Crippen LogP contribution in [0.15, 0.2) is 24.3 Å². The number of aromatic nitrogens is 1. The van der Waals surface area contributed by atoms with Gasteiger partial charge in [0, 0.05) is 23.0 Å². The lowest BCUT2D eigenvalue weighted by Crippen LogP contribution is -2.34. The molecule has 0 bridgehead atoms. The molecule has 132 valence electrons. The van der Waals surface area contributed by atoms with Crippen LogP contribution in [0.2, 0.25) is 0 Å². The van der Waals surface area contributed by atoms with Crippen molar-refractivity contribution in [2.75, 3.05) is 18.1 Å². The smallest absolute Gasteiger partial charge is 0.355 e. The van der Waals surface area contributed by atoms with Crippen LogP contribution in [-0.4, -0.2) is 35.9 Å². The Hall–Kier alpha value is -2.56. The number of H-pyrrole nitrogens is 1. The predicted molar refractivity (Wildman–Crippen MR) is 97.5 cm³/mol. The molecule has 0 spiro atoms. The number of aryl methyl sites for hydroxylation is 1. The normalized spacial score (nSPS) is 16.0. The Balaban J connectivity index is 1.86. The van der Waals surface area contributed by atoms with Crippen molar-refractivity contribution in [3.05, 3.63) is 52.3 Å². The lowest BCUT2D eigenvalue weighted by atomic mass is 10.0. The Kier molecular flexibility index (Phi) is 4.66. The van der Waals surface area contributed by atoms with Gasteiger partial charge < -0.3 is 14.6 Å². The largest absolute Gasteiger partial charge is 0.461 e.